The summed E-state index contributed by atoms with van der Waals surface area (Å²) in [5, 5.41) is 26.4. The van der Waals surface area contributed by atoms with Gasteiger partial charge in [-0.3, -0.25) is 14.5 Å². The molecule has 0 radical (unpaired) electrons. The summed E-state index contributed by atoms with van der Waals surface area (Å²) in [6, 6.07) is 6.74. The van der Waals surface area contributed by atoms with E-state index in [-0.39, 0.29) is 19.6 Å². The van der Waals surface area contributed by atoms with Crippen LogP contribution in [-0.2, 0) is 16.1 Å². The van der Waals surface area contributed by atoms with Crippen molar-refractivity contribution in [2.75, 3.05) is 20.2 Å². The van der Waals surface area contributed by atoms with E-state index in [9.17, 15) is 9.59 Å². The highest BCUT2D eigenvalue weighted by atomic mass is 16.5. The van der Waals surface area contributed by atoms with E-state index in [1.807, 2.05) is 6.07 Å². The number of carboxylic acid groups (broad SMARTS) is 2. The second kappa shape index (κ2) is 7.11. The van der Waals surface area contributed by atoms with E-state index in [0.29, 0.717) is 16.9 Å². The van der Waals surface area contributed by atoms with Crippen molar-refractivity contribution in [2.24, 2.45) is 0 Å². The fourth-order valence-electron chi connectivity index (χ4n) is 1.73. The number of nitrogens with zero attached hydrogens (tertiary/aromatic N) is 2. The standard InChI is InChI=1S/C13H14N2O5/c1-20-11-4-9(2-3-10(11)5-14)6-15(7-12(16)17)8-13(18)19/h2-4H,6-8H2,1H3,(H,16,17)(H,18,19). The number of hydrogen-bond acceptors (Lipinski definition) is 5. The van der Waals surface area contributed by atoms with Crippen molar-refractivity contribution in [3.05, 3.63) is 29.3 Å². The molecule has 0 heterocycles. The first-order valence-corrected chi connectivity index (χ1v) is 5.69. The van der Waals surface area contributed by atoms with Crippen molar-refractivity contribution in [2.45, 2.75) is 6.54 Å². The second-order valence-electron chi connectivity index (χ2n) is 4.08. The number of rotatable bonds is 7. The predicted octanol–water partition coefficient (Wildman–Crippen LogP) is 0.538. The van der Waals surface area contributed by atoms with Gasteiger partial charge in [-0.1, -0.05) is 6.07 Å². The van der Waals surface area contributed by atoms with Crippen LogP contribution in [0.5, 0.6) is 5.75 Å². The first-order chi connectivity index (χ1) is 9.46. The van der Waals surface area contributed by atoms with Crippen LogP contribution in [0.4, 0.5) is 0 Å². The molecular weight excluding hydrogens is 264 g/mol. The van der Waals surface area contributed by atoms with Gasteiger partial charge in [0.15, 0.2) is 0 Å². The zero-order chi connectivity index (χ0) is 15.1. The first-order valence-electron chi connectivity index (χ1n) is 5.69. The predicted molar refractivity (Wildman–Crippen MR) is 68.3 cm³/mol. The minimum atomic E-state index is -1.10. The van der Waals surface area contributed by atoms with Crippen LogP contribution < -0.4 is 4.74 Å². The highest BCUT2D eigenvalue weighted by Gasteiger charge is 2.14. The molecule has 0 aromatic heterocycles. The highest BCUT2D eigenvalue weighted by Crippen LogP contribution is 2.20. The molecule has 1 rings (SSSR count). The van der Waals surface area contributed by atoms with E-state index in [0.717, 1.165) is 0 Å². The molecule has 0 spiro atoms. The number of hydrogen-bond donors (Lipinski definition) is 2. The van der Waals surface area contributed by atoms with Crippen LogP contribution in [0, 0.1) is 11.3 Å². The molecule has 0 unspecified atom stereocenters. The molecule has 0 bridgehead atoms. The Morgan fingerprint density at radius 3 is 2.35 bits per heavy atom. The lowest BCUT2D eigenvalue weighted by molar-refractivity contribution is -0.142. The number of aliphatic carboxylic acids is 2. The van der Waals surface area contributed by atoms with Crippen LogP contribution in [0.25, 0.3) is 0 Å². The summed E-state index contributed by atoms with van der Waals surface area (Å²) in [7, 11) is 1.42. The largest absolute Gasteiger partial charge is 0.495 e. The Hall–Kier alpha value is -2.59. The Morgan fingerprint density at radius 2 is 1.90 bits per heavy atom. The van der Waals surface area contributed by atoms with Crippen LogP contribution in [-0.4, -0.2) is 47.3 Å². The summed E-state index contributed by atoms with van der Waals surface area (Å²) >= 11 is 0. The molecule has 7 nitrogen and oxygen atoms in total. The lowest BCUT2D eigenvalue weighted by Gasteiger charge is -2.18. The van der Waals surface area contributed by atoms with Gasteiger partial charge in [0, 0.05) is 6.54 Å². The van der Waals surface area contributed by atoms with Crippen LogP contribution in [0.1, 0.15) is 11.1 Å². The molecule has 20 heavy (non-hydrogen) atoms. The molecule has 0 aliphatic carbocycles. The van der Waals surface area contributed by atoms with Crippen molar-refractivity contribution >= 4 is 11.9 Å². The monoisotopic (exact) mass is 278 g/mol. The molecule has 106 valence electrons. The maximum Gasteiger partial charge on any atom is 0.317 e. The molecule has 7 heteroatoms. The topological polar surface area (TPSA) is 111 Å². The molecule has 0 saturated heterocycles. The Morgan fingerprint density at radius 1 is 1.30 bits per heavy atom. The van der Waals surface area contributed by atoms with Gasteiger partial charge in [-0.2, -0.15) is 5.26 Å². The van der Waals surface area contributed by atoms with Crippen LogP contribution in [0.2, 0.25) is 0 Å². The van der Waals surface area contributed by atoms with Crippen molar-refractivity contribution in [1.82, 2.24) is 4.90 Å². The average molecular weight is 278 g/mol. The normalized spacial score (nSPS) is 10.1. The molecule has 2 N–H and O–H groups in total. The first kappa shape index (κ1) is 15.5. The van der Waals surface area contributed by atoms with Crippen molar-refractivity contribution in [3.63, 3.8) is 0 Å². The molecule has 0 aliphatic rings. The van der Waals surface area contributed by atoms with E-state index in [4.69, 9.17) is 20.2 Å². The number of carboxylic acids is 2. The maximum atomic E-state index is 10.7. The second-order valence-corrected chi connectivity index (χ2v) is 4.08. The fourth-order valence-corrected chi connectivity index (χ4v) is 1.73. The van der Waals surface area contributed by atoms with Crippen LogP contribution >= 0.6 is 0 Å². The zero-order valence-corrected chi connectivity index (χ0v) is 10.9. The summed E-state index contributed by atoms with van der Waals surface area (Å²) < 4.78 is 5.05. The quantitative estimate of drug-likeness (QED) is 0.748. The molecular formula is C13H14N2O5. The zero-order valence-electron chi connectivity index (χ0n) is 10.9. The molecule has 0 atom stereocenters. The smallest absolute Gasteiger partial charge is 0.317 e. The van der Waals surface area contributed by atoms with Gasteiger partial charge < -0.3 is 14.9 Å². The minimum Gasteiger partial charge on any atom is -0.495 e. The van der Waals surface area contributed by atoms with Gasteiger partial charge in [0.05, 0.1) is 25.8 Å². The Kier molecular flexibility index (Phi) is 5.50. The van der Waals surface area contributed by atoms with Gasteiger partial charge >= 0.3 is 11.9 Å². The fraction of sp³-hybridized carbons (Fsp3) is 0.308. The summed E-state index contributed by atoms with van der Waals surface area (Å²) in [6.07, 6.45) is 0. The Bertz CT molecular complexity index is 534. The number of ether oxygens (including phenoxy) is 1. The van der Waals surface area contributed by atoms with Crippen molar-refractivity contribution < 1.29 is 24.5 Å². The van der Waals surface area contributed by atoms with E-state index >= 15 is 0 Å². The number of carbonyl (C=O) groups is 2. The number of nitriles is 1. The minimum absolute atomic E-state index is 0.140. The molecule has 1 aromatic carbocycles. The van der Waals surface area contributed by atoms with Gasteiger partial charge in [-0.25, -0.2) is 0 Å². The molecule has 0 saturated carbocycles. The van der Waals surface area contributed by atoms with Gasteiger partial charge in [0.1, 0.15) is 11.8 Å². The third kappa shape index (κ3) is 4.59. The highest BCUT2D eigenvalue weighted by molar-refractivity contribution is 5.72. The van der Waals surface area contributed by atoms with E-state index in [1.54, 1.807) is 18.2 Å². The van der Waals surface area contributed by atoms with Gasteiger partial charge in [-0.15, -0.1) is 0 Å². The third-order valence-electron chi connectivity index (χ3n) is 2.51. The Balaban J connectivity index is 2.90. The SMILES string of the molecule is COc1cc(CN(CC(=O)O)CC(=O)O)ccc1C#N. The molecule has 0 amide bonds. The van der Waals surface area contributed by atoms with E-state index in [1.165, 1.54) is 12.0 Å². The van der Waals surface area contributed by atoms with Gasteiger partial charge in [0.2, 0.25) is 0 Å². The number of benzene rings is 1. The summed E-state index contributed by atoms with van der Waals surface area (Å²) in [6.45, 7) is -0.621. The number of methoxy groups -OCH3 is 1. The summed E-state index contributed by atoms with van der Waals surface area (Å²) in [5.74, 6) is -1.84. The van der Waals surface area contributed by atoms with Crippen molar-refractivity contribution in [1.29, 1.82) is 5.26 Å². The molecule has 1 aromatic rings. The van der Waals surface area contributed by atoms with Crippen LogP contribution in [0.3, 0.4) is 0 Å². The van der Waals surface area contributed by atoms with Crippen molar-refractivity contribution in [3.8, 4) is 11.8 Å². The lowest BCUT2D eigenvalue weighted by atomic mass is 10.1. The molecule has 0 fully saturated rings. The molecule has 0 aliphatic heterocycles. The Labute approximate surface area is 115 Å². The summed E-state index contributed by atoms with van der Waals surface area (Å²) in [4.78, 5) is 22.7. The van der Waals surface area contributed by atoms with Crippen LogP contribution in [0.15, 0.2) is 18.2 Å². The lowest BCUT2D eigenvalue weighted by Crippen LogP contribution is -2.33. The maximum absolute atomic E-state index is 10.7. The van der Waals surface area contributed by atoms with E-state index in [2.05, 4.69) is 0 Å². The third-order valence-corrected chi connectivity index (χ3v) is 2.51. The van der Waals surface area contributed by atoms with Gasteiger partial charge in [-0.05, 0) is 17.7 Å². The van der Waals surface area contributed by atoms with Gasteiger partial charge in [0.25, 0.3) is 0 Å². The van der Waals surface area contributed by atoms with E-state index < -0.39 is 11.9 Å². The average Bonchev–Trinajstić information content (AvgIpc) is 2.36. The summed E-state index contributed by atoms with van der Waals surface area (Å²) in [5.41, 5.74) is 1.03.